The highest BCUT2D eigenvalue weighted by Gasteiger charge is 2.29. The molecule has 0 aliphatic heterocycles. The van der Waals surface area contributed by atoms with Crippen LogP contribution in [0, 0.1) is 25.3 Å². The Labute approximate surface area is 250 Å². The highest BCUT2D eigenvalue weighted by Crippen LogP contribution is 2.30. The second kappa shape index (κ2) is 10.1. The number of carbonyl (C=O) groups is 1. The monoisotopic (exact) mass is 606 g/mol. The number of rotatable bonds is 5. The molecule has 0 saturated carbocycles. The SMILES string of the molecule is Cc1ccc(S(=O)(=O)n2c(C(=O)c3cnn(-c4ccc5nc(C)[nH]c5c4)c3N)cc3cc(C#C[Si](C)(C)C)ccc32)cc1. The molecule has 0 radical (unpaired) electrons. The first-order valence-corrected chi connectivity index (χ1v) is 18.6. The fraction of sp³-hybridized carbons (Fsp3) is 0.156. The van der Waals surface area contributed by atoms with Crippen molar-refractivity contribution >= 4 is 51.6 Å². The van der Waals surface area contributed by atoms with Crippen molar-refractivity contribution < 1.29 is 13.2 Å². The molecule has 3 N–H and O–H groups in total. The van der Waals surface area contributed by atoms with Gasteiger partial charge in [0.2, 0.25) is 5.78 Å². The fourth-order valence-corrected chi connectivity index (χ4v) is 6.92. The fourth-order valence-electron chi connectivity index (χ4n) is 4.89. The minimum absolute atomic E-state index is 0.0447. The Morgan fingerprint density at radius 3 is 2.44 bits per heavy atom. The molecule has 3 aromatic carbocycles. The van der Waals surface area contributed by atoms with Crippen LogP contribution in [0.4, 0.5) is 5.82 Å². The highest BCUT2D eigenvalue weighted by atomic mass is 32.2. The number of nitrogens with one attached hydrogen (secondary N) is 1. The molecule has 0 aliphatic rings. The number of H-pyrrole nitrogens is 1. The van der Waals surface area contributed by atoms with Crippen LogP contribution in [0.2, 0.25) is 19.6 Å². The molecule has 6 rings (SSSR count). The number of imidazole rings is 1. The predicted molar refractivity (Wildman–Crippen MR) is 172 cm³/mol. The summed E-state index contributed by atoms with van der Waals surface area (Å²) in [4.78, 5) is 21.8. The summed E-state index contributed by atoms with van der Waals surface area (Å²) in [7, 11) is -5.81. The van der Waals surface area contributed by atoms with Gasteiger partial charge in [-0.15, -0.1) is 5.54 Å². The van der Waals surface area contributed by atoms with Gasteiger partial charge in [-0.2, -0.15) is 5.10 Å². The Morgan fingerprint density at radius 2 is 1.72 bits per heavy atom. The van der Waals surface area contributed by atoms with E-state index in [-0.39, 0.29) is 22.0 Å². The summed E-state index contributed by atoms with van der Waals surface area (Å²) >= 11 is 0. The maximum Gasteiger partial charge on any atom is 0.268 e. The van der Waals surface area contributed by atoms with Crippen LogP contribution >= 0.6 is 0 Å². The van der Waals surface area contributed by atoms with Crippen LogP contribution in [-0.4, -0.2) is 46.0 Å². The van der Waals surface area contributed by atoms with Gasteiger partial charge in [0.1, 0.15) is 25.4 Å². The van der Waals surface area contributed by atoms with E-state index >= 15 is 0 Å². The second-order valence-corrected chi connectivity index (χ2v) is 18.1. The number of nitrogens with two attached hydrogens (primary N) is 1. The first-order valence-electron chi connectivity index (χ1n) is 13.7. The Hall–Kier alpha value is -4.92. The molecule has 0 bridgehead atoms. The lowest BCUT2D eigenvalue weighted by Crippen LogP contribution is -2.19. The minimum Gasteiger partial charge on any atom is -0.383 e. The molecule has 216 valence electrons. The average molecular weight is 607 g/mol. The zero-order chi connectivity index (χ0) is 30.7. The summed E-state index contributed by atoms with van der Waals surface area (Å²) in [6.07, 6.45) is 1.37. The van der Waals surface area contributed by atoms with Crippen LogP contribution in [0.5, 0.6) is 0 Å². The van der Waals surface area contributed by atoms with E-state index in [1.54, 1.807) is 30.3 Å². The first kappa shape index (κ1) is 28.2. The smallest absolute Gasteiger partial charge is 0.268 e. The van der Waals surface area contributed by atoms with Gasteiger partial charge in [-0.1, -0.05) is 43.3 Å². The molecule has 0 unspecified atom stereocenters. The van der Waals surface area contributed by atoms with Gasteiger partial charge in [0, 0.05) is 10.9 Å². The standard InChI is InChI=1S/C32H30N6O3SSi/c1-20-6-10-25(11-7-20)42(40,41)38-29-13-8-22(14-15-43(3,4)5)16-23(29)17-30(38)31(39)26-19-34-37(32(26)33)24-9-12-27-28(18-24)36-21(2)35-27/h6-13,16-19H,33H2,1-5H3,(H,35,36). The number of carbonyl (C=O) groups excluding carboxylic acids is 1. The third-order valence-corrected chi connectivity index (χ3v) is 9.63. The van der Waals surface area contributed by atoms with Crippen LogP contribution < -0.4 is 5.73 Å². The molecule has 0 atom stereocenters. The Balaban J connectivity index is 1.51. The van der Waals surface area contributed by atoms with Gasteiger partial charge in [-0.25, -0.2) is 22.1 Å². The lowest BCUT2D eigenvalue weighted by molar-refractivity contribution is 0.103. The summed E-state index contributed by atoms with van der Waals surface area (Å²) in [6, 6.07) is 18.9. The van der Waals surface area contributed by atoms with E-state index in [1.807, 2.05) is 38.1 Å². The van der Waals surface area contributed by atoms with Crippen LogP contribution in [-0.2, 0) is 10.0 Å². The van der Waals surface area contributed by atoms with Gasteiger partial charge in [-0.3, -0.25) is 4.79 Å². The Morgan fingerprint density at radius 1 is 0.977 bits per heavy atom. The van der Waals surface area contributed by atoms with E-state index in [2.05, 4.69) is 46.2 Å². The van der Waals surface area contributed by atoms with E-state index in [1.165, 1.54) is 23.0 Å². The van der Waals surface area contributed by atoms with Crippen molar-refractivity contribution in [2.24, 2.45) is 0 Å². The predicted octanol–water partition coefficient (Wildman–Crippen LogP) is 5.60. The van der Waals surface area contributed by atoms with Gasteiger partial charge < -0.3 is 10.7 Å². The van der Waals surface area contributed by atoms with E-state index < -0.39 is 23.9 Å². The Kier molecular flexibility index (Phi) is 6.63. The van der Waals surface area contributed by atoms with E-state index in [0.29, 0.717) is 16.6 Å². The number of nitrogens with zero attached hydrogens (tertiary/aromatic N) is 4. The minimum atomic E-state index is -4.16. The van der Waals surface area contributed by atoms with Crippen molar-refractivity contribution in [1.82, 2.24) is 23.7 Å². The molecule has 43 heavy (non-hydrogen) atoms. The number of fused-ring (bicyclic) bond motifs is 2. The maximum absolute atomic E-state index is 14.1. The van der Waals surface area contributed by atoms with Crippen LogP contribution in [0.1, 0.15) is 33.0 Å². The van der Waals surface area contributed by atoms with Gasteiger partial charge in [0.15, 0.2) is 0 Å². The number of ketones is 1. The molecule has 0 spiro atoms. The molecule has 3 heterocycles. The summed E-state index contributed by atoms with van der Waals surface area (Å²) in [5.74, 6) is 3.51. The molecule has 0 amide bonds. The van der Waals surface area contributed by atoms with E-state index in [4.69, 9.17) is 5.73 Å². The van der Waals surface area contributed by atoms with Crippen molar-refractivity contribution in [3.63, 3.8) is 0 Å². The number of hydrogen-bond donors (Lipinski definition) is 2. The number of benzene rings is 3. The van der Waals surface area contributed by atoms with Crippen LogP contribution in [0.3, 0.4) is 0 Å². The number of nitrogen functional groups attached to an aromatic ring is 1. The summed E-state index contributed by atoms with van der Waals surface area (Å²) in [6.45, 7) is 10.2. The quantitative estimate of drug-likeness (QED) is 0.149. The number of aromatic nitrogens is 5. The molecule has 0 fully saturated rings. The zero-order valence-corrected chi connectivity index (χ0v) is 26.2. The normalized spacial score (nSPS) is 12.0. The molecule has 3 aromatic heterocycles. The molecule has 11 heteroatoms. The van der Waals surface area contributed by atoms with Crippen molar-refractivity contribution in [2.45, 2.75) is 38.4 Å². The lowest BCUT2D eigenvalue weighted by atomic mass is 10.1. The lowest BCUT2D eigenvalue weighted by Gasteiger charge is -2.12. The third-order valence-electron chi connectivity index (χ3n) is 7.01. The van der Waals surface area contributed by atoms with Gasteiger partial charge >= 0.3 is 0 Å². The van der Waals surface area contributed by atoms with Crippen LogP contribution in [0.15, 0.2) is 77.8 Å². The van der Waals surface area contributed by atoms with Crippen molar-refractivity contribution in [1.29, 1.82) is 0 Å². The summed E-state index contributed by atoms with van der Waals surface area (Å²) in [5, 5.41) is 4.96. The van der Waals surface area contributed by atoms with Crippen molar-refractivity contribution in [3.05, 3.63) is 101 Å². The molecular weight excluding hydrogens is 577 g/mol. The summed E-state index contributed by atoms with van der Waals surface area (Å²) in [5.41, 5.74) is 14.1. The maximum atomic E-state index is 14.1. The number of aryl methyl sites for hydroxylation is 2. The topological polar surface area (TPSA) is 129 Å². The first-order chi connectivity index (χ1) is 20.3. The van der Waals surface area contributed by atoms with E-state index in [0.717, 1.165) is 32.0 Å². The third kappa shape index (κ3) is 5.15. The van der Waals surface area contributed by atoms with Crippen molar-refractivity contribution in [2.75, 3.05) is 5.73 Å². The summed E-state index contributed by atoms with van der Waals surface area (Å²) < 4.78 is 30.7. The molecule has 9 nitrogen and oxygen atoms in total. The van der Waals surface area contributed by atoms with Gasteiger partial charge in [-0.05, 0) is 68.4 Å². The van der Waals surface area contributed by atoms with Gasteiger partial charge in [0.05, 0.1) is 38.9 Å². The zero-order valence-electron chi connectivity index (χ0n) is 24.4. The number of aromatic amines is 1. The largest absolute Gasteiger partial charge is 0.383 e. The number of hydrogen-bond acceptors (Lipinski definition) is 6. The van der Waals surface area contributed by atoms with Crippen molar-refractivity contribution in [3.8, 4) is 17.2 Å². The van der Waals surface area contributed by atoms with Gasteiger partial charge in [0.25, 0.3) is 10.0 Å². The average Bonchev–Trinajstić information content (AvgIpc) is 3.64. The number of anilines is 1. The molecule has 6 aromatic rings. The molecule has 0 aliphatic carbocycles. The van der Waals surface area contributed by atoms with Crippen LogP contribution in [0.25, 0.3) is 27.6 Å². The van der Waals surface area contributed by atoms with E-state index in [9.17, 15) is 13.2 Å². The molecular formula is C32H30N6O3SSi. The molecule has 0 saturated heterocycles. The second-order valence-electron chi connectivity index (χ2n) is 11.6. The highest BCUT2D eigenvalue weighted by molar-refractivity contribution is 7.90. The Bertz CT molecular complexity index is 2240.